The van der Waals surface area contributed by atoms with E-state index in [-0.39, 0.29) is 6.04 Å². The normalized spacial score (nSPS) is 14.1. The van der Waals surface area contributed by atoms with E-state index in [1.54, 1.807) is 0 Å². The molecule has 0 saturated carbocycles. The van der Waals surface area contributed by atoms with E-state index in [1.165, 1.54) is 11.1 Å². The number of pyridine rings is 1. The Morgan fingerprint density at radius 1 is 0.828 bits per heavy atom. The van der Waals surface area contributed by atoms with Crippen LogP contribution in [0.25, 0.3) is 0 Å². The van der Waals surface area contributed by atoms with Crippen LogP contribution in [0, 0.1) is 6.92 Å². The number of aryl methyl sites for hydroxylation is 1. The van der Waals surface area contributed by atoms with Crippen LogP contribution in [-0.4, -0.2) is 41.2 Å². The molecule has 1 saturated heterocycles. The molecule has 5 heteroatoms. The zero-order valence-electron chi connectivity index (χ0n) is 16.7. The van der Waals surface area contributed by atoms with Gasteiger partial charge in [0.25, 0.3) is 0 Å². The number of benzene rings is 2. The lowest BCUT2D eigenvalue weighted by atomic mass is 9.99. The van der Waals surface area contributed by atoms with Crippen molar-refractivity contribution >= 4 is 23.1 Å². The summed E-state index contributed by atoms with van der Waals surface area (Å²) in [6.45, 7) is 5.64. The van der Waals surface area contributed by atoms with Gasteiger partial charge in [-0.1, -0.05) is 66.7 Å². The van der Waals surface area contributed by atoms with E-state index in [4.69, 9.17) is 12.2 Å². The highest BCUT2D eigenvalue weighted by atomic mass is 32.1. The lowest BCUT2D eigenvalue weighted by Crippen LogP contribution is -2.52. The van der Waals surface area contributed by atoms with Crippen LogP contribution in [0.5, 0.6) is 0 Å². The average Bonchev–Trinajstić information content (AvgIpc) is 2.78. The molecule has 29 heavy (non-hydrogen) atoms. The number of aromatic nitrogens is 1. The van der Waals surface area contributed by atoms with Crippen molar-refractivity contribution in [1.82, 2.24) is 15.2 Å². The molecule has 0 spiro atoms. The largest absolute Gasteiger partial charge is 0.353 e. The maximum Gasteiger partial charge on any atom is 0.169 e. The molecule has 0 aliphatic carbocycles. The van der Waals surface area contributed by atoms with Gasteiger partial charge in [-0.25, -0.2) is 4.98 Å². The molecule has 1 aromatic heterocycles. The Balaban J connectivity index is 1.44. The van der Waals surface area contributed by atoms with Gasteiger partial charge in [-0.05, 0) is 42.4 Å². The van der Waals surface area contributed by atoms with Crippen molar-refractivity contribution in [3.8, 4) is 0 Å². The first kappa shape index (κ1) is 19.4. The third kappa shape index (κ3) is 4.74. The summed E-state index contributed by atoms with van der Waals surface area (Å²) in [6, 6.07) is 27.2. The summed E-state index contributed by atoms with van der Waals surface area (Å²) in [5.41, 5.74) is 3.47. The number of anilines is 1. The van der Waals surface area contributed by atoms with E-state index in [0.29, 0.717) is 0 Å². The van der Waals surface area contributed by atoms with Crippen molar-refractivity contribution in [1.29, 1.82) is 0 Å². The van der Waals surface area contributed by atoms with Gasteiger partial charge in [0.05, 0.1) is 6.04 Å². The van der Waals surface area contributed by atoms with Crippen molar-refractivity contribution in [3.05, 3.63) is 95.7 Å². The average molecular weight is 403 g/mol. The van der Waals surface area contributed by atoms with Crippen LogP contribution < -0.4 is 10.2 Å². The molecule has 0 unspecified atom stereocenters. The highest BCUT2D eigenvalue weighted by Gasteiger charge is 2.22. The van der Waals surface area contributed by atoms with Gasteiger partial charge in [-0.3, -0.25) is 0 Å². The van der Waals surface area contributed by atoms with Gasteiger partial charge in [0.1, 0.15) is 5.82 Å². The van der Waals surface area contributed by atoms with E-state index in [0.717, 1.165) is 42.8 Å². The summed E-state index contributed by atoms with van der Waals surface area (Å²) in [4.78, 5) is 9.25. The van der Waals surface area contributed by atoms with Crippen LogP contribution in [0.3, 0.4) is 0 Å². The van der Waals surface area contributed by atoms with Crippen LogP contribution in [0.1, 0.15) is 22.9 Å². The SMILES string of the molecule is Cc1cccc(N2CCN(C(=S)NC(c3ccccc3)c3ccccc3)CC2)n1. The van der Waals surface area contributed by atoms with Gasteiger partial charge in [-0.2, -0.15) is 0 Å². The molecule has 148 valence electrons. The Kier molecular flexibility index (Phi) is 6.06. The Bertz CT molecular complexity index is 898. The first-order chi connectivity index (χ1) is 14.2. The lowest BCUT2D eigenvalue weighted by Gasteiger charge is -2.38. The molecule has 1 N–H and O–H groups in total. The summed E-state index contributed by atoms with van der Waals surface area (Å²) in [5, 5.41) is 4.41. The molecule has 3 aromatic rings. The molecule has 1 aliphatic heterocycles. The van der Waals surface area contributed by atoms with Crippen LogP contribution in [0.4, 0.5) is 5.82 Å². The fourth-order valence-corrected chi connectivity index (χ4v) is 4.01. The lowest BCUT2D eigenvalue weighted by molar-refractivity contribution is 0.376. The smallest absolute Gasteiger partial charge is 0.169 e. The second kappa shape index (κ2) is 9.05. The van der Waals surface area contributed by atoms with Crippen LogP contribution in [0.15, 0.2) is 78.9 Å². The number of piperazine rings is 1. The number of nitrogens with zero attached hydrogens (tertiary/aromatic N) is 3. The highest BCUT2D eigenvalue weighted by Crippen LogP contribution is 2.22. The van der Waals surface area contributed by atoms with E-state index in [2.05, 4.69) is 80.8 Å². The molecule has 4 nitrogen and oxygen atoms in total. The van der Waals surface area contributed by atoms with Crippen molar-refractivity contribution in [2.45, 2.75) is 13.0 Å². The number of hydrogen-bond acceptors (Lipinski definition) is 3. The molecule has 0 bridgehead atoms. The fourth-order valence-electron chi connectivity index (χ4n) is 3.71. The van der Waals surface area contributed by atoms with Gasteiger partial charge in [0, 0.05) is 31.9 Å². The van der Waals surface area contributed by atoms with Crippen molar-refractivity contribution in [2.24, 2.45) is 0 Å². The van der Waals surface area contributed by atoms with E-state index < -0.39 is 0 Å². The van der Waals surface area contributed by atoms with Crippen LogP contribution in [-0.2, 0) is 0 Å². The Hall–Kier alpha value is -2.92. The molecule has 0 amide bonds. The predicted octanol–water partition coefficient (Wildman–Crippen LogP) is 4.18. The zero-order chi connectivity index (χ0) is 20.1. The maximum absolute atomic E-state index is 5.81. The third-order valence-electron chi connectivity index (χ3n) is 5.30. The Labute approximate surface area is 178 Å². The predicted molar refractivity (Wildman–Crippen MR) is 123 cm³/mol. The second-order valence-electron chi connectivity index (χ2n) is 7.32. The van der Waals surface area contributed by atoms with Gasteiger partial charge in [0.2, 0.25) is 0 Å². The van der Waals surface area contributed by atoms with Crippen molar-refractivity contribution in [3.63, 3.8) is 0 Å². The molecular weight excluding hydrogens is 376 g/mol. The third-order valence-corrected chi connectivity index (χ3v) is 5.67. The summed E-state index contributed by atoms with van der Waals surface area (Å²) in [6.07, 6.45) is 0. The number of nitrogens with one attached hydrogen (secondary N) is 1. The fraction of sp³-hybridized carbons (Fsp3) is 0.250. The molecule has 0 radical (unpaired) electrons. The van der Waals surface area contributed by atoms with Gasteiger partial charge < -0.3 is 15.1 Å². The first-order valence-electron chi connectivity index (χ1n) is 10.0. The Morgan fingerprint density at radius 3 is 1.97 bits per heavy atom. The monoisotopic (exact) mass is 402 g/mol. The van der Waals surface area contributed by atoms with Gasteiger partial charge in [0.15, 0.2) is 5.11 Å². The maximum atomic E-state index is 5.81. The summed E-state index contributed by atoms with van der Waals surface area (Å²) >= 11 is 5.81. The summed E-state index contributed by atoms with van der Waals surface area (Å²) in [5.74, 6) is 1.05. The molecule has 4 rings (SSSR count). The van der Waals surface area contributed by atoms with Gasteiger partial charge >= 0.3 is 0 Å². The highest BCUT2D eigenvalue weighted by molar-refractivity contribution is 7.80. The van der Waals surface area contributed by atoms with Crippen LogP contribution >= 0.6 is 12.2 Å². The molecule has 0 atom stereocenters. The minimum atomic E-state index is 0.0429. The summed E-state index contributed by atoms with van der Waals surface area (Å²) in [7, 11) is 0. The second-order valence-corrected chi connectivity index (χ2v) is 7.70. The molecular formula is C24H26N4S. The topological polar surface area (TPSA) is 31.4 Å². The molecule has 2 heterocycles. The zero-order valence-corrected chi connectivity index (χ0v) is 17.5. The number of rotatable bonds is 4. The van der Waals surface area contributed by atoms with Crippen molar-refractivity contribution in [2.75, 3.05) is 31.1 Å². The molecule has 1 fully saturated rings. The molecule has 1 aliphatic rings. The van der Waals surface area contributed by atoms with Crippen LogP contribution in [0.2, 0.25) is 0 Å². The van der Waals surface area contributed by atoms with Crippen molar-refractivity contribution < 1.29 is 0 Å². The quantitative estimate of drug-likeness (QED) is 0.662. The van der Waals surface area contributed by atoms with Gasteiger partial charge in [-0.15, -0.1) is 0 Å². The number of thiocarbonyl (C=S) groups is 1. The minimum absolute atomic E-state index is 0.0429. The van der Waals surface area contributed by atoms with E-state index in [1.807, 2.05) is 25.1 Å². The standard InChI is InChI=1S/C24H26N4S/c1-19-9-8-14-22(25-19)27-15-17-28(18-16-27)24(29)26-23(20-10-4-2-5-11-20)21-12-6-3-7-13-21/h2-14,23H,15-18H2,1H3,(H,26,29). The summed E-state index contributed by atoms with van der Waals surface area (Å²) < 4.78 is 0. The van der Waals surface area contributed by atoms with E-state index >= 15 is 0 Å². The molecule has 2 aromatic carbocycles. The Morgan fingerprint density at radius 2 is 1.41 bits per heavy atom. The minimum Gasteiger partial charge on any atom is -0.353 e. The number of hydrogen-bond donors (Lipinski definition) is 1. The first-order valence-corrected chi connectivity index (χ1v) is 10.5. The van der Waals surface area contributed by atoms with E-state index in [9.17, 15) is 0 Å².